The molecule has 0 saturated carbocycles. The Bertz CT molecular complexity index is 396. The summed E-state index contributed by atoms with van der Waals surface area (Å²) in [6.07, 6.45) is 1.62. The van der Waals surface area contributed by atoms with E-state index in [0.29, 0.717) is 25.6 Å². The predicted octanol–water partition coefficient (Wildman–Crippen LogP) is 3.97. The number of carbonyl (C=O) groups is 1. The maximum Gasteiger partial charge on any atom is 0.410 e. The topological polar surface area (TPSA) is 78.3 Å². The number of ether oxygens (including phenoxy) is 1. The molecule has 0 aromatic rings. The maximum atomic E-state index is 12.2. The third-order valence-electron chi connectivity index (χ3n) is 3.93. The van der Waals surface area contributed by atoms with Crippen LogP contribution in [-0.2, 0) is 4.74 Å². The van der Waals surface area contributed by atoms with E-state index in [1.807, 2.05) is 20.8 Å². The van der Waals surface area contributed by atoms with Crippen molar-refractivity contribution in [1.29, 1.82) is 0 Å². The number of rotatable bonds is 3. The van der Waals surface area contributed by atoms with Gasteiger partial charge in [0.1, 0.15) is 5.60 Å². The van der Waals surface area contributed by atoms with Gasteiger partial charge in [-0.1, -0.05) is 19.0 Å². The van der Waals surface area contributed by atoms with Gasteiger partial charge in [0.2, 0.25) is 0 Å². The highest BCUT2D eigenvalue weighted by atomic mass is 16.6. The fourth-order valence-electron chi connectivity index (χ4n) is 2.60. The molecule has 6 heteroatoms. The van der Waals surface area contributed by atoms with Crippen LogP contribution in [0, 0.1) is 11.3 Å². The van der Waals surface area contributed by atoms with Crippen LogP contribution in [0.25, 0.3) is 10.4 Å². The Hall–Kier alpha value is -1.42. The third kappa shape index (κ3) is 4.30. The highest BCUT2D eigenvalue weighted by molar-refractivity contribution is 5.68. The molecule has 1 aliphatic rings. The summed E-state index contributed by atoms with van der Waals surface area (Å²) in [5, 5.41) is 3.76. The fraction of sp³-hybridized carbons (Fsp3) is 0.929. The van der Waals surface area contributed by atoms with E-state index in [1.54, 1.807) is 4.90 Å². The largest absolute Gasteiger partial charge is 0.444 e. The number of amides is 1. The van der Waals surface area contributed by atoms with E-state index in [1.165, 1.54) is 0 Å². The number of carbonyl (C=O) groups excluding carboxylic acids is 1. The monoisotopic (exact) mass is 282 g/mol. The van der Waals surface area contributed by atoms with Crippen LogP contribution in [0.4, 0.5) is 4.79 Å². The first-order chi connectivity index (χ1) is 9.20. The van der Waals surface area contributed by atoms with Gasteiger partial charge in [0, 0.05) is 24.5 Å². The molecule has 0 bridgehead atoms. The van der Waals surface area contributed by atoms with E-state index in [0.717, 1.165) is 12.8 Å². The summed E-state index contributed by atoms with van der Waals surface area (Å²) in [5.74, 6) is 0.346. The Kier molecular flexibility index (Phi) is 5.28. The lowest BCUT2D eigenvalue weighted by molar-refractivity contribution is -0.00328. The average Bonchev–Trinajstić information content (AvgIpc) is 2.34. The molecule has 0 aromatic heterocycles. The summed E-state index contributed by atoms with van der Waals surface area (Å²) in [4.78, 5) is 16.8. The molecule has 1 heterocycles. The highest BCUT2D eigenvalue weighted by Crippen LogP contribution is 2.38. The summed E-state index contributed by atoms with van der Waals surface area (Å²) < 4.78 is 5.44. The first-order valence-corrected chi connectivity index (χ1v) is 7.19. The van der Waals surface area contributed by atoms with Crippen molar-refractivity contribution >= 4 is 6.09 Å². The highest BCUT2D eigenvalue weighted by Gasteiger charge is 2.40. The minimum atomic E-state index is -0.486. The SMILES string of the molecule is CC(C)[C@]1(CN=[N+]=[N-])CCCN(C(=O)OC(C)(C)C)C1. The van der Waals surface area contributed by atoms with Gasteiger partial charge in [-0.2, -0.15) is 0 Å². The lowest BCUT2D eigenvalue weighted by Crippen LogP contribution is -2.51. The predicted molar refractivity (Wildman–Crippen MR) is 78.3 cm³/mol. The zero-order valence-electron chi connectivity index (χ0n) is 13.2. The van der Waals surface area contributed by atoms with Gasteiger partial charge in [-0.25, -0.2) is 4.79 Å². The molecule has 20 heavy (non-hydrogen) atoms. The van der Waals surface area contributed by atoms with Gasteiger partial charge in [0.05, 0.1) is 0 Å². The molecule has 1 atom stereocenters. The molecule has 1 aliphatic heterocycles. The van der Waals surface area contributed by atoms with Crippen molar-refractivity contribution in [3.8, 4) is 0 Å². The second kappa shape index (κ2) is 6.35. The molecule has 0 aliphatic carbocycles. The van der Waals surface area contributed by atoms with Crippen molar-refractivity contribution in [3.63, 3.8) is 0 Å². The van der Waals surface area contributed by atoms with Gasteiger partial charge in [-0.05, 0) is 50.5 Å². The molecule has 1 saturated heterocycles. The molecule has 0 N–H and O–H groups in total. The van der Waals surface area contributed by atoms with Crippen molar-refractivity contribution in [2.45, 2.75) is 53.1 Å². The standard InChI is InChI=1S/C14H26N4O2/c1-11(2)14(9-16-17-15)7-6-8-18(10-14)12(19)20-13(3,4)5/h11H,6-10H2,1-5H3/t14-/m0/s1. The van der Waals surface area contributed by atoms with E-state index in [9.17, 15) is 4.79 Å². The second-order valence-corrected chi connectivity index (χ2v) is 6.91. The number of azide groups is 1. The van der Waals surface area contributed by atoms with Crippen LogP contribution in [0.1, 0.15) is 47.5 Å². The van der Waals surface area contributed by atoms with E-state index >= 15 is 0 Å². The van der Waals surface area contributed by atoms with Gasteiger partial charge < -0.3 is 9.64 Å². The summed E-state index contributed by atoms with van der Waals surface area (Å²) in [6, 6.07) is 0. The maximum absolute atomic E-state index is 12.2. The van der Waals surface area contributed by atoms with Crippen LogP contribution in [-0.4, -0.2) is 36.2 Å². The van der Waals surface area contributed by atoms with Gasteiger partial charge in [-0.15, -0.1) is 0 Å². The molecular weight excluding hydrogens is 256 g/mol. The van der Waals surface area contributed by atoms with Gasteiger partial charge >= 0.3 is 6.09 Å². The molecular formula is C14H26N4O2. The van der Waals surface area contributed by atoms with E-state index in [-0.39, 0.29) is 11.5 Å². The summed E-state index contributed by atoms with van der Waals surface area (Å²) in [6.45, 7) is 11.6. The molecule has 1 fully saturated rings. The minimum Gasteiger partial charge on any atom is -0.444 e. The Morgan fingerprint density at radius 2 is 2.15 bits per heavy atom. The van der Waals surface area contributed by atoms with Crippen LogP contribution in [0.3, 0.4) is 0 Å². The normalized spacial score (nSPS) is 23.4. The summed E-state index contributed by atoms with van der Waals surface area (Å²) in [5.41, 5.74) is 7.95. The van der Waals surface area contributed by atoms with Gasteiger partial charge in [-0.3, -0.25) is 0 Å². The van der Waals surface area contributed by atoms with Crippen LogP contribution in [0.15, 0.2) is 5.11 Å². The van der Waals surface area contributed by atoms with Crippen LogP contribution in [0.5, 0.6) is 0 Å². The van der Waals surface area contributed by atoms with E-state index < -0.39 is 5.60 Å². The number of hydrogen-bond acceptors (Lipinski definition) is 3. The van der Waals surface area contributed by atoms with Crippen molar-refractivity contribution in [2.24, 2.45) is 16.4 Å². The quantitative estimate of drug-likeness (QED) is 0.446. The Morgan fingerprint density at radius 3 is 2.65 bits per heavy atom. The van der Waals surface area contributed by atoms with Crippen LogP contribution in [0.2, 0.25) is 0 Å². The summed E-state index contributed by atoms with van der Waals surface area (Å²) in [7, 11) is 0. The van der Waals surface area contributed by atoms with Crippen molar-refractivity contribution in [3.05, 3.63) is 10.4 Å². The summed E-state index contributed by atoms with van der Waals surface area (Å²) >= 11 is 0. The zero-order chi connectivity index (χ0) is 15.4. The number of piperidine rings is 1. The van der Waals surface area contributed by atoms with Crippen molar-refractivity contribution in [1.82, 2.24) is 4.90 Å². The molecule has 0 aromatic carbocycles. The third-order valence-corrected chi connectivity index (χ3v) is 3.93. The van der Waals surface area contributed by atoms with Gasteiger partial charge in [0.15, 0.2) is 0 Å². The zero-order valence-corrected chi connectivity index (χ0v) is 13.2. The fourth-order valence-corrected chi connectivity index (χ4v) is 2.60. The number of likely N-dealkylation sites (tertiary alicyclic amines) is 1. The Morgan fingerprint density at radius 1 is 1.50 bits per heavy atom. The molecule has 1 amide bonds. The van der Waals surface area contributed by atoms with Crippen LogP contribution < -0.4 is 0 Å². The molecule has 6 nitrogen and oxygen atoms in total. The molecule has 0 unspecified atom stereocenters. The van der Waals surface area contributed by atoms with Crippen molar-refractivity contribution in [2.75, 3.05) is 19.6 Å². The lowest BCUT2D eigenvalue weighted by atomic mass is 9.71. The molecule has 0 spiro atoms. The van der Waals surface area contributed by atoms with E-state index in [4.69, 9.17) is 10.3 Å². The first-order valence-electron chi connectivity index (χ1n) is 7.19. The lowest BCUT2D eigenvalue weighted by Gasteiger charge is -2.45. The first kappa shape index (κ1) is 16.6. The molecule has 114 valence electrons. The van der Waals surface area contributed by atoms with Crippen LogP contribution >= 0.6 is 0 Å². The van der Waals surface area contributed by atoms with Gasteiger partial charge in [0.25, 0.3) is 0 Å². The average molecular weight is 282 g/mol. The molecule has 0 radical (unpaired) electrons. The Balaban J connectivity index is 2.82. The second-order valence-electron chi connectivity index (χ2n) is 6.91. The Labute approximate surface area is 121 Å². The van der Waals surface area contributed by atoms with Crippen molar-refractivity contribution < 1.29 is 9.53 Å². The van der Waals surface area contributed by atoms with E-state index in [2.05, 4.69) is 23.9 Å². The molecule has 1 rings (SSSR count). The number of hydrogen-bond donors (Lipinski definition) is 0. The smallest absolute Gasteiger partial charge is 0.410 e. The minimum absolute atomic E-state index is 0.138. The number of nitrogens with zero attached hydrogens (tertiary/aromatic N) is 4.